The Hall–Kier alpha value is -1.63. The summed E-state index contributed by atoms with van der Waals surface area (Å²) in [5, 5.41) is 9.13. The second-order valence-corrected chi connectivity index (χ2v) is 6.20. The quantitative estimate of drug-likeness (QED) is 0.784. The van der Waals surface area contributed by atoms with Gasteiger partial charge < -0.3 is 16.0 Å². The molecule has 0 saturated carbocycles. The van der Waals surface area contributed by atoms with Crippen LogP contribution >= 0.6 is 11.3 Å². The summed E-state index contributed by atoms with van der Waals surface area (Å²) in [4.78, 5) is 29.0. The highest BCUT2D eigenvalue weighted by Gasteiger charge is 2.22. The summed E-state index contributed by atoms with van der Waals surface area (Å²) in [5.41, 5.74) is 0.996. The number of thiazole rings is 1. The van der Waals surface area contributed by atoms with Gasteiger partial charge in [-0.25, -0.2) is 9.78 Å². The van der Waals surface area contributed by atoms with Gasteiger partial charge in [0.05, 0.1) is 12.2 Å². The number of amides is 3. The molecule has 2 heterocycles. The maximum atomic E-state index is 11.8. The lowest BCUT2D eigenvalue weighted by atomic mass is 10.1. The predicted octanol–water partition coefficient (Wildman–Crippen LogP) is 1.23. The van der Waals surface area contributed by atoms with Crippen LogP contribution in [-0.2, 0) is 11.3 Å². The van der Waals surface area contributed by atoms with Gasteiger partial charge in [-0.2, -0.15) is 0 Å². The lowest BCUT2D eigenvalue weighted by Gasteiger charge is -2.15. The number of nitrogens with zero attached hydrogens (tertiary/aromatic N) is 1. The molecular weight excluding hydrogens is 276 g/mol. The van der Waals surface area contributed by atoms with Crippen LogP contribution in [0.3, 0.4) is 0 Å². The van der Waals surface area contributed by atoms with E-state index in [4.69, 9.17) is 0 Å². The van der Waals surface area contributed by atoms with E-state index in [9.17, 15) is 9.59 Å². The van der Waals surface area contributed by atoms with E-state index in [2.05, 4.69) is 20.9 Å². The standard InChI is InChI=1S/C13H20N4O2S/c1-8-9(2)20-11(16-8)7-15-13(19)17-10-5-3-4-6-14-12(10)18/h10H,3-7H2,1-2H3,(H,14,18)(H2,15,17,19)/t10-/m1/s1. The fourth-order valence-corrected chi connectivity index (χ4v) is 2.93. The van der Waals surface area contributed by atoms with Gasteiger partial charge in [-0.3, -0.25) is 4.79 Å². The second-order valence-electron chi connectivity index (χ2n) is 4.92. The molecule has 1 fully saturated rings. The Kier molecular flexibility index (Phi) is 4.94. The maximum Gasteiger partial charge on any atom is 0.315 e. The normalized spacial score (nSPS) is 19.1. The van der Waals surface area contributed by atoms with E-state index >= 15 is 0 Å². The van der Waals surface area contributed by atoms with Crippen LogP contribution in [0, 0.1) is 13.8 Å². The molecule has 0 spiro atoms. The molecular formula is C13H20N4O2S. The molecule has 2 rings (SSSR count). The molecule has 110 valence electrons. The highest BCUT2D eigenvalue weighted by atomic mass is 32.1. The Morgan fingerprint density at radius 3 is 2.95 bits per heavy atom. The Balaban J connectivity index is 1.81. The molecule has 1 aliphatic rings. The van der Waals surface area contributed by atoms with E-state index in [0.29, 0.717) is 19.5 Å². The van der Waals surface area contributed by atoms with Crippen molar-refractivity contribution in [2.45, 2.75) is 45.7 Å². The topological polar surface area (TPSA) is 83.1 Å². The fraction of sp³-hybridized carbons (Fsp3) is 0.615. The van der Waals surface area contributed by atoms with Crippen molar-refractivity contribution in [3.05, 3.63) is 15.6 Å². The Labute approximate surface area is 122 Å². The van der Waals surface area contributed by atoms with Gasteiger partial charge >= 0.3 is 6.03 Å². The van der Waals surface area contributed by atoms with Gasteiger partial charge in [-0.1, -0.05) is 0 Å². The minimum atomic E-state index is -0.433. The molecule has 1 aromatic rings. The summed E-state index contributed by atoms with van der Waals surface area (Å²) in [6.07, 6.45) is 2.59. The minimum absolute atomic E-state index is 0.0985. The first-order valence-electron chi connectivity index (χ1n) is 6.81. The molecule has 1 aliphatic heterocycles. The van der Waals surface area contributed by atoms with Gasteiger partial charge in [-0.15, -0.1) is 11.3 Å². The van der Waals surface area contributed by atoms with E-state index in [0.717, 1.165) is 28.4 Å². The summed E-state index contributed by atoms with van der Waals surface area (Å²) in [7, 11) is 0. The monoisotopic (exact) mass is 296 g/mol. The zero-order chi connectivity index (χ0) is 14.5. The largest absolute Gasteiger partial charge is 0.354 e. The molecule has 3 N–H and O–H groups in total. The molecule has 0 bridgehead atoms. The number of nitrogens with one attached hydrogen (secondary N) is 3. The zero-order valence-corrected chi connectivity index (χ0v) is 12.6. The van der Waals surface area contributed by atoms with Crippen LogP contribution in [0.15, 0.2) is 0 Å². The second kappa shape index (κ2) is 6.69. The van der Waals surface area contributed by atoms with Crippen LogP contribution in [0.1, 0.15) is 34.8 Å². The molecule has 1 atom stereocenters. The Morgan fingerprint density at radius 1 is 1.45 bits per heavy atom. The van der Waals surface area contributed by atoms with Crippen LogP contribution in [-0.4, -0.2) is 29.5 Å². The molecule has 1 aromatic heterocycles. The lowest BCUT2D eigenvalue weighted by molar-refractivity contribution is -0.122. The van der Waals surface area contributed by atoms with Crippen LogP contribution in [0.4, 0.5) is 4.79 Å². The zero-order valence-electron chi connectivity index (χ0n) is 11.8. The molecule has 3 amide bonds. The summed E-state index contributed by atoms with van der Waals surface area (Å²) in [6, 6.07) is -0.755. The van der Waals surface area contributed by atoms with Crippen LogP contribution in [0.2, 0.25) is 0 Å². The average Bonchev–Trinajstić information content (AvgIpc) is 2.59. The number of aromatic nitrogens is 1. The first-order valence-corrected chi connectivity index (χ1v) is 7.63. The van der Waals surface area contributed by atoms with Crippen molar-refractivity contribution >= 4 is 23.3 Å². The number of aryl methyl sites for hydroxylation is 2. The van der Waals surface area contributed by atoms with Crippen molar-refractivity contribution in [3.8, 4) is 0 Å². The number of urea groups is 1. The third kappa shape index (κ3) is 3.93. The molecule has 20 heavy (non-hydrogen) atoms. The van der Waals surface area contributed by atoms with E-state index in [1.54, 1.807) is 11.3 Å². The SMILES string of the molecule is Cc1nc(CNC(=O)N[C@@H]2CCCCNC2=O)sc1C. The smallest absolute Gasteiger partial charge is 0.315 e. The van der Waals surface area contributed by atoms with E-state index in [1.165, 1.54) is 0 Å². The lowest BCUT2D eigenvalue weighted by Crippen LogP contribution is -2.48. The van der Waals surface area contributed by atoms with E-state index in [-0.39, 0.29) is 11.9 Å². The number of hydrogen-bond acceptors (Lipinski definition) is 4. The summed E-state index contributed by atoms with van der Waals surface area (Å²) < 4.78 is 0. The van der Waals surface area contributed by atoms with Gasteiger partial charge in [0.15, 0.2) is 0 Å². The van der Waals surface area contributed by atoms with Crippen LogP contribution in [0.25, 0.3) is 0 Å². The maximum absolute atomic E-state index is 11.8. The third-order valence-electron chi connectivity index (χ3n) is 3.31. The molecule has 6 nitrogen and oxygen atoms in total. The average molecular weight is 296 g/mol. The van der Waals surface area contributed by atoms with E-state index in [1.807, 2.05) is 13.8 Å². The molecule has 0 unspecified atom stereocenters. The number of hydrogen-bond donors (Lipinski definition) is 3. The van der Waals surface area contributed by atoms with Gasteiger partial charge in [0, 0.05) is 11.4 Å². The molecule has 0 radical (unpaired) electrons. The van der Waals surface area contributed by atoms with Crippen molar-refractivity contribution < 1.29 is 9.59 Å². The fourth-order valence-electron chi connectivity index (χ4n) is 2.06. The van der Waals surface area contributed by atoms with Crippen molar-refractivity contribution in [3.63, 3.8) is 0 Å². The molecule has 1 saturated heterocycles. The van der Waals surface area contributed by atoms with Gasteiger partial charge in [0.1, 0.15) is 11.0 Å². The van der Waals surface area contributed by atoms with Crippen molar-refractivity contribution in [1.29, 1.82) is 0 Å². The van der Waals surface area contributed by atoms with Crippen LogP contribution < -0.4 is 16.0 Å². The van der Waals surface area contributed by atoms with Crippen LogP contribution in [0.5, 0.6) is 0 Å². The van der Waals surface area contributed by atoms with Crippen molar-refractivity contribution in [2.24, 2.45) is 0 Å². The first kappa shape index (κ1) is 14.8. The van der Waals surface area contributed by atoms with Gasteiger partial charge in [0.25, 0.3) is 0 Å². The highest BCUT2D eigenvalue weighted by molar-refractivity contribution is 7.11. The summed E-state index contributed by atoms with van der Waals surface area (Å²) in [6.45, 7) is 5.04. The molecule has 0 aliphatic carbocycles. The summed E-state index contributed by atoms with van der Waals surface area (Å²) in [5.74, 6) is -0.0985. The molecule has 7 heteroatoms. The number of carbonyl (C=O) groups excluding carboxylic acids is 2. The van der Waals surface area contributed by atoms with E-state index < -0.39 is 6.04 Å². The summed E-state index contributed by atoms with van der Waals surface area (Å²) >= 11 is 1.57. The minimum Gasteiger partial charge on any atom is -0.354 e. The number of rotatable bonds is 3. The van der Waals surface area contributed by atoms with Gasteiger partial charge in [0.2, 0.25) is 5.91 Å². The third-order valence-corrected chi connectivity index (χ3v) is 4.39. The van der Waals surface area contributed by atoms with Gasteiger partial charge in [-0.05, 0) is 33.1 Å². The predicted molar refractivity (Wildman–Crippen MR) is 77.6 cm³/mol. The molecule has 0 aromatic carbocycles. The number of carbonyl (C=O) groups is 2. The highest BCUT2D eigenvalue weighted by Crippen LogP contribution is 2.15. The van der Waals surface area contributed by atoms with Crippen molar-refractivity contribution in [2.75, 3.05) is 6.54 Å². The van der Waals surface area contributed by atoms with Crippen molar-refractivity contribution in [1.82, 2.24) is 20.9 Å². The Bertz CT molecular complexity index is 481. The Morgan fingerprint density at radius 2 is 2.25 bits per heavy atom. The first-order chi connectivity index (χ1) is 9.56.